The van der Waals surface area contributed by atoms with E-state index in [0.29, 0.717) is 18.5 Å². The lowest BCUT2D eigenvalue weighted by Gasteiger charge is -2.36. The number of carbonyl (C=O) groups is 1. The van der Waals surface area contributed by atoms with Crippen LogP contribution < -0.4 is 5.32 Å². The van der Waals surface area contributed by atoms with Crippen molar-refractivity contribution in [3.63, 3.8) is 0 Å². The first-order valence-corrected chi connectivity index (χ1v) is 7.85. The number of hydrogen-bond acceptors (Lipinski definition) is 3. The van der Waals surface area contributed by atoms with Crippen LogP contribution in [0, 0.1) is 5.92 Å². The Labute approximate surface area is 116 Å². The van der Waals surface area contributed by atoms with Crippen molar-refractivity contribution in [3.05, 3.63) is 0 Å². The molecule has 0 aromatic rings. The van der Waals surface area contributed by atoms with Crippen molar-refractivity contribution in [2.45, 2.75) is 64.0 Å². The van der Waals surface area contributed by atoms with Gasteiger partial charge in [0, 0.05) is 12.6 Å². The predicted molar refractivity (Wildman–Crippen MR) is 76.3 cm³/mol. The molecule has 2 N–H and O–H groups in total. The number of nitrogens with zero attached hydrogens (tertiary/aromatic N) is 1. The van der Waals surface area contributed by atoms with E-state index in [1.54, 1.807) is 0 Å². The van der Waals surface area contributed by atoms with Gasteiger partial charge in [-0.2, -0.15) is 0 Å². The van der Waals surface area contributed by atoms with Gasteiger partial charge in [-0.15, -0.1) is 0 Å². The summed E-state index contributed by atoms with van der Waals surface area (Å²) in [5.41, 5.74) is -0.689. The largest absolute Gasteiger partial charge is 0.480 e. The molecule has 0 heterocycles. The normalized spacial score (nSPS) is 22.5. The highest BCUT2D eigenvalue weighted by molar-refractivity contribution is 5.80. The molecule has 2 aliphatic rings. The van der Waals surface area contributed by atoms with Gasteiger partial charge in [0.05, 0.1) is 0 Å². The second-order valence-electron chi connectivity index (χ2n) is 6.25. The van der Waals surface area contributed by atoms with E-state index >= 15 is 0 Å². The minimum Gasteiger partial charge on any atom is -0.480 e. The van der Waals surface area contributed by atoms with Crippen LogP contribution in [0.25, 0.3) is 0 Å². The molecule has 19 heavy (non-hydrogen) atoms. The molecule has 0 saturated heterocycles. The van der Waals surface area contributed by atoms with Crippen molar-refractivity contribution in [1.29, 1.82) is 0 Å². The molecule has 2 saturated carbocycles. The zero-order chi connectivity index (χ0) is 13.9. The maximum Gasteiger partial charge on any atom is 0.325 e. The van der Waals surface area contributed by atoms with Crippen molar-refractivity contribution in [3.8, 4) is 0 Å². The summed E-state index contributed by atoms with van der Waals surface area (Å²) in [6, 6.07) is 0.446. The molecule has 0 amide bonds. The molecule has 0 aromatic heterocycles. The topological polar surface area (TPSA) is 52.6 Å². The molecule has 4 nitrogen and oxygen atoms in total. The van der Waals surface area contributed by atoms with Gasteiger partial charge in [-0.1, -0.05) is 13.8 Å². The van der Waals surface area contributed by atoms with Crippen molar-refractivity contribution in [2.75, 3.05) is 19.6 Å². The van der Waals surface area contributed by atoms with Gasteiger partial charge < -0.3 is 10.0 Å². The van der Waals surface area contributed by atoms with E-state index in [-0.39, 0.29) is 0 Å². The van der Waals surface area contributed by atoms with Gasteiger partial charge in [0.2, 0.25) is 0 Å². The summed E-state index contributed by atoms with van der Waals surface area (Å²) < 4.78 is 0. The zero-order valence-corrected chi connectivity index (χ0v) is 12.3. The Kier molecular flexibility index (Phi) is 4.85. The Morgan fingerprint density at radius 2 is 1.79 bits per heavy atom. The molecule has 0 spiro atoms. The van der Waals surface area contributed by atoms with Crippen molar-refractivity contribution in [1.82, 2.24) is 10.2 Å². The van der Waals surface area contributed by atoms with Gasteiger partial charge >= 0.3 is 5.97 Å². The highest BCUT2D eigenvalue weighted by atomic mass is 16.4. The van der Waals surface area contributed by atoms with E-state index in [1.807, 2.05) is 0 Å². The Bertz CT molecular complexity index is 307. The summed E-state index contributed by atoms with van der Waals surface area (Å²) in [5, 5.41) is 13.3. The quantitative estimate of drug-likeness (QED) is 0.637. The lowest BCUT2D eigenvalue weighted by atomic mass is 9.91. The SMILES string of the molecule is CCCN(CCC)CC(NC1CC1)(C(=O)O)C1CC1. The molecule has 2 aliphatic carbocycles. The van der Waals surface area contributed by atoms with Crippen LogP contribution in [0.2, 0.25) is 0 Å². The van der Waals surface area contributed by atoms with E-state index in [1.165, 1.54) is 0 Å². The number of rotatable bonds is 10. The monoisotopic (exact) mass is 268 g/mol. The highest BCUT2D eigenvalue weighted by Gasteiger charge is 2.53. The van der Waals surface area contributed by atoms with E-state index < -0.39 is 11.5 Å². The van der Waals surface area contributed by atoms with Crippen LogP contribution in [0.15, 0.2) is 0 Å². The number of aliphatic carboxylic acids is 1. The Balaban J connectivity index is 2.07. The third kappa shape index (κ3) is 3.69. The summed E-state index contributed by atoms with van der Waals surface area (Å²) in [6.07, 6.45) is 6.59. The molecule has 1 unspecified atom stereocenters. The molecule has 110 valence electrons. The smallest absolute Gasteiger partial charge is 0.325 e. The number of hydrogen-bond donors (Lipinski definition) is 2. The molecule has 4 heteroatoms. The summed E-state index contributed by atoms with van der Waals surface area (Å²) in [6.45, 7) is 7.00. The molecule has 0 aliphatic heterocycles. The predicted octanol–water partition coefficient (Wildman–Crippen LogP) is 2.09. The minimum absolute atomic E-state index is 0.335. The highest BCUT2D eigenvalue weighted by Crippen LogP contribution is 2.42. The standard InChI is InChI=1S/C15H28N2O2/c1-3-9-17(10-4-2)11-15(14(18)19,12-5-6-12)16-13-7-8-13/h12-13,16H,3-11H2,1-2H3,(H,18,19). The molecule has 0 radical (unpaired) electrons. The molecule has 1 atom stereocenters. The van der Waals surface area contributed by atoms with Crippen LogP contribution in [-0.4, -0.2) is 47.2 Å². The summed E-state index contributed by atoms with van der Waals surface area (Å²) >= 11 is 0. The van der Waals surface area contributed by atoms with Gasteiger partial charge in [-0.3, -0.25) is 10.1 Å². The van der Waals surface area contributed by atoms with Gasteiger partial charge in [0.15, 0.2) is 0 Å². The summed E-state index contributed by atoms with van der Waals surface area (Å²) in [7, 11) is 0. The number of nitrogens with one attached hydrogen (secondary N) is 1. The summed E-state index contributed by atoms with van der Waals surface area (Å²) in [4.78, 5) is 14.3. The van der Waals surface area contributed by atoms with E-state index in [0.717, 1.165) is 51.6 Å². The third-order valence-corrected chi connectivity index (χ3v) is 4.25. The average molecular weight is 268 g/mol. The maximum atomic E-state index is 11.9. The second kappa shape index (κ2) is 6.23. The van der Waals surface area contributed by atoms with E-state index in [9.17, 15) is 9.90 Å². The second-order valence-corrected chi connectivity index (χ2v) is 6.25. The van der Waals surface area contributed by atoms with Crippen LogP contribution in [0.1, 0.15) is 52.4 Å². The zero-order valence-electron chi connectivity index (χ0n) is 12.3. The number of carboxylic acids is 1. The Morgan fingerprint density at radius 3 is 2.16 bits per heavy atom. The molecule has 2 fully saturated rings. The molecule has 0 bridgehead atoms. The number of carboxylic acid groups (broad SMARTS) is 1. The van der Waals surface area contributed by atoms with Crippen LogP contribution in [-0.2, 0) is 4.79 Å². The van der Waals surface area contributed by atoms with Crippen LogP contribution >= 0.6 is 0 Å². The average Bonchev–Trinajstić information content (AvgIpc) is 3.22. The third-order valence-electron chi connectivity index (χ3n) is 4.25. The first kappa shape index (κ1) is 14.8. The van der Waals surface area contributed by atoms with Crippen molar-refractivity contribution in [2.24, 2.45) is 5.92 Å². The fourth-order valence-corrected chi connectivity index (χ4v) is 3.02. The first-order chi connectivity index (χ1) is 9.12. The summed E-state index contributed by atoms with van der Waals surface area (Å²) in [5.74, 6) is -0.305. The minimum atomic E-state index is -0.689. The van der Waals surface area contributed by atoms with Crippen LogP contribution in [0.5, 0.6) is 0 Å². The van der Waals surface area contributed by atoms with Gasteiger partial charge in [-0.05, 0) is 57.5 Å². The van der Waals surface area contributed by atoms with Crippen LogP contribution in [0.3, 0.4) is 0 Å². The van der Waals surface area contributed by atoms with Crippen molar-refractivity contribution < 1.29 is 9.90 Å². The van der Waals surface area contributed by atoms with Gasteiger partial charge in [-0.25, -0.2) is 0 Å². The molecular formula is C15H28N2O2. The van der Waals surface area contributed by atoms with Gasteiger partial charge in [0.25, 0.3) is 0 Å². The van der Waals surface area contributed by atoms with Gasteiger partial charge in [0.1, 0.15) is 5.54 Å². The maximum absolute atomic E-state index is 11.9. The lowest BCUT2D eigenvalue weighted by molar-refractivity contribution is -0.147. The Morgan fingerprint density at radius 1 is 1.21 bits per heavy atom. The molecule has 0 aromatic carbocycles. The van der Waals surface area contributed by atoms with Crippen molar-refractivity contribution >= 4 is 5.97 Å². The van der Waals surface area contributed by atoms with E-state index in [2.05, 4.69) is 24.1 Å². The van der Waals surface area contributed by atoms with Crippen LogP contribution in [0.4, 0.5) is 0 Å². The molecule has 2 rings (SSSR count). The lowest BCUT2D eigenvalue weighted by Crippen LogP contribution is -2.61. The Hall–Kier alpha value is -0.610. The fourth-order valence-electron chi connectivity index (χ4n) is 3.02. The molecular weight excluding hydrogens is 240 g/mol. The fraction of sp³-hybridized carbons (Fsp3) is 0.933. The first-order valence-electron chi connectivity index (χ1n) is 7.85. The van der Waals surface area contributed by atoms with E-state index in [4.69, 9.17) is 0 Å².